The molecule has 0 spiro atoms. The zero-order chi connectivity index (χ0) is 14.6. The van der Waals surface area contributed by atoms with E-state index in [9.17, 15) is 18.4 Å². The Bertz CT molecular complexity index is 481. The molecule has 0 saturated carbocycles. The van der Waals surface area contributed by atoms with Crippen LogP contribution < -0.4 is 15.5 Å². The number of nitrogens with one attached hydrogen (secondary N) is 2. The summed E-state index contributed by atoms with van der Waals surface area (Å²) in [6.45, 7) is 1.94. The van der Waals surface area contributed by atoms with Gasteiger partial charge in [-0.2, -0.15) is 0 Å². The van der Waals surface area contributed by atoms with Crippen molar-refractivity contribution < 1.29 is 18.4 Å². The highest BCUT2D eigenvalue weighted by Gasteiger charge is 2.17. The standard InChI is InChI=1S/C12H15F2N3O2/c1-4-15-11(18)12(19)16-7-5-8(13)10(17(2)3)9(14)6-7/h5-6H,4H2,1-3H3,(H,15,18)(H,16,19). The highest BCUT2D eigenvalue weighted by molar-refractivity contribution is 6.39. The van der Waals surface area contributed by atoms with Crippen LogP contribution in [0.3, 0.4) is 0 Å². The van der Waals surface area contributed by atoms with E-state index in [1.165, 1.54) is 19.0 Å². The second-order valence-corrected chi connectivity index (χ2v) is 4.00. The average molecular weight is 271 g/mol. The molecule has 0 unspecified atom stereocenters. The number of rotatable bonds is 3. The van der Waals surface area contributed by atoms with Crippen LogP contribution in [0.15, 0.2) is 12.1 Å². The van der Waals surface area contributed by atoms with Gasteiger partial charge in [-0.3, -0.25) is 9.59 Å². The highest BCUT2D eigenvalue weighted by atomic mass is 19.1. The van der Waals surface area contributed by atoms with Gasteiger partial charge in [0.2, 0.25) is 0 Å². The molecule has 7 heteroatoms. The Labute approximate surface area is 109 Å². The molecule has 0 fully saturated rings. The molecule has 0 bridgehead atoms. The fraction of sp³-hybridized carbons (Fsp3) is 0.333. The van der Waals surface area contributed by atoms with Crippen LogP contribution >= 0.6 is 0 Å². The van der Waals surface area contributed by atoms with Gasteiger partial charge >= 0.3 is 11.8 Å². The van der Waals surface area contributed by atoms with Crippen molar-refractivity contribution >= 4 is 23.2 Å². The van der Waals surface area contributed by atoms with Gasteiger partial charge in [-0.05, 0) is 19.1 Å². The van der Waals surface area contributed by atoms with Crippen LogP contribution in [-0.2, 0) is 9.59 Å². The van der Waals surface area contributed by atoms with Gasteiger partial charge in [0.15, 0.2) is 11.6 Å². The van der Waals surface area contributed by atoms with Gasteiger partial charge in [0.05, 0.1) is 0 Å². The number of hydrogen-bond acceptors (Lipinski definition) is 3. The summed E-state index contributed by atoms with van der Waals surface area (Å²) in [5, 5.41) is 4.40. The molecule has 0 aromatic heterocycles. The number of hydrogen-bond donors (Lipinski definition) is 2. The van der Waals surface area contributed by atoms with Crippen molar-refractivity contribution in [3.05, 3.63) is 23.8 Å². The fourth-order valence-electron chi connectivity index (χ4n) is 1.49. The number of carbonyl (C=O) groups excluding carboxylic acids is 2. The Balaban J connectivity index is 2.93. The molecule has 5 nitrogen and oxygen atoms in total. The lowest BCUT2D eigenvalue weighted by Gasteiger charge is -2.15. The van der Waals surface area contributed by atoms with Gasteiger partial charge in [0.1, 0.15) is 5.69 Å². The first-order chi connectivity index (χ1) is 8.86. The molecule has 19 heavy (non-hydrogen) atoms. The highest BCUT2D eigenvalue weighted by Crippen LogP contribution is 2.25. The van der Waals surface area contributed by atoms with E-state index in [0.29, 0.717) is 0 Å². The summed E-state index contributed by atoms with van der Waals surface area (Å²) in [7, 11) is 2.99. The van der Waals surface area contributed by atoms with E-state index in [2.05, 4.69) is 10.6 Å². The van der Waals surface area contributed by atoms with E-state index in [4.69, 9.17) is 0 Å². The topological polar surface area (TPSA) is 61.4 Å². The van der Waals surface area contributed by atoms with Crippen molar-refractivity contribution in [1.29, 1.82) is 0 Å². The maximum absolute atomic E-state index is 13.6. The summed E-state index contributed by atoms with van der Waals surface area (Å²) in [5.74, 6) is -3.48. The molecule has 2 N–H and O–H groups in total. The van der Waals surface area contributed by atoms with Gasteiger partial charge in [-0.15, -0.1) is 0 Å². The molecule has 0 aliphatic heterocycles. The molecule has 1 rings (SSSR count). The summed E-state index contributed by atoms with van der Waals surface area (Å²) in [6, 6.07) is 1.91. The van der Waals surface area contributed by atoms with Crippen molar-refractivity contribution in [2.45, 2.75) is 6.92 Å². The Morgan fingerprint density at radius 1 is 1.16 bits per heavy atom. The normalized spacial score (nSPS) is 9.95. The number of anilines is 2. The molecular weight excluding hydrogens is 256 g/mol. The number of amides is 2. The van der Waals surface area contributed by atoms with Gasteiger partial charge in [0.25, 0.3) is 0 Å². The van der Waals surface area contributed by atoms with Gasteiger partial charge in [-0.25, -0.2) is 8.78 Å². The lowest BCUT2D eigenvalue weighted by Crippen LogP contribution is -2.35. The zero-order valence-electron chi connectivity index (χ0n) is 10.9. The van der Waals surface area contributed by atoms with Crippen LogP contribution in [0.2, 0.25) is 0 Å². The molecule has 0 atom stereocenters. The SMILES string of the molecule is CCNC(=O)C(=O)Nc1cc(F)c(N(C)C)c(F)c1. The van der Waals surface area contributed by atoms with Crippen molar-refractivity contribution in [3.63, 3.8) is 0 Å². The molecule has 1 aromatic carbocycles. The molecule has 0 heterocycles. The average Bonchev–Trinajstić information content (AvgIpc) is 2.27. The maximum Gasteiger partial charge on any atom is 0.313 e. The predicted octanol–water partition coefficient (Wildman–Crippen LogP) is 1.11. The molecule has 0 aliphatic carbocycles. The zero-order valence-corrected chi connectivity index (χ0v) is 10.9. The van der Waals surface area contributed by atoms with E-state index >= 15 is 0 Å². The minimum atomic E-state index is -0.974. The van der Waals surface area contributed by atoms with E-state index < -0.39 is 23.4 Å². The fourth-order valence-corrected chi connectivity index (χ4v) is 1.49. The first kappa shape index (κ1) is 14.9. The number of halogens is 2. The van der Waals surface area contributed by atoms with Crippen molar-refractivity contribution in [3.8, 4) is 0 Å². The van der Waals surface area contributed by atoms with Crippen molar-refractivity contribution in [2.24, 2.45) is 0 Å². The first-order valence-electron chi connectivity index (χ1n) is 5.62. The van der Waals surface area contributed by atoms with Crippen LogP contribution in [0.1, 0.15) is 6.92 Å². The molecular formula is C12H15F2N3O2. The lowest BCUT2D eigenvalue weighted by molar-refractivity contribution is -0.136. The first-order valence-corrected chi connectivity index (χ1v) is 5.62. The summed E-state index contributed by atoms with van der Waals surface area (Å²) in [5.41, 5.74) is -0.326. The second kappa shape index (κ2) is 6.12. The van der Waals surface area contributed by atoms with Crippen molar-refractivity contribution in [1.82, 2.24) is 5.32 Å². The maximum atomic E-state index is 13.6. The van der Waals surface area contributed by atoms with Gasteiger partial charge in [-0.1, -0.05) is 0 Å². The third-order valence-corrected chi connectivity index (χ3v) is 2.27. The summed E-state index contributed by atoms with van der Waals surface area (Å²) >= 11 is 0. The smallest absolute Gasteiger partial charge is 0.313 e. The quantitative estimate of drug-likeness (QED) is 0.809. The summed E-state index contributed by atoms with van der Waals surface area (Å²) < 4.78 is 27.3. The number of nitrogens with zero attached hydrogens (tertiary/aromatic N) is 1. The van der Waals surface area contributed by atoms with Gasteiger partial charge in [0, 0.05) is 26.3 Å². The molecule has 0 radical (unpaired) electrons. The van der Waals surface area contributed by atoms with Crippen LogP contribution in [0, 0.1) is 11.6 Å². The third-order valence-electron chi connectivity index (χ3n) is 2.27. The predicted molar refractivity (Wildman–Crippen MR) is 68.0 cm³/mol. The number of carbonyl (C=O) groups is 2. The van der Waals surface area contributed by atoms with Crippen LogP contribution in [0.25, 0.3) is 0 Å². The minimum absolute atomic E-state index is 0.114. The van der Waals surface area contributed by atoms with Crippen molar-refractivity contribution in [2.75, 3.05) is 30.9 Å². The molecule has 0 saturated heterocycles. The van der Waals surface area contributed by atoms with E-state index in [0.717, 1.165) is 12.1 Å². The summed E-state index contributed by atoms with van der Waals surface area (Å²) in [4.78, 5) is 23.8. The van der Waals surface area contributed by atoms with E-state index in [-0.39, 0.29) is 17.9 Å². The largest absolute Gasteiger partial charge is 0.373 e. The van der Waals surface area contributed by atoms with Gasteiger partial charge < -0.3 is 15.5 Å². The monoisotopic (exact) mass is 271 g/mol. The minimum Gasteiger partial charge on any atom is -0.373 e. The Hall–Kier alpha value is -2.18. The molecule has 2 amide bonds. The Kier molecular flexibility index (Phi) is 4.80. The van der Waals surface area contributed by atoms with Crippen LogP contribution in [0.5, 0.6) is 0 Å². The van der Waals surface area contributed by atoms with E-state index in [1.807, 2.05) is 0 Å². The molecule has 104 valence electrons. The lowest BCUT2D eigenvalue weighted by atomic mass is 10.2. The molecule has 0 aliphatic rings. The van der Waals surface area contributed by atoms with Crippen LogP contribution in [-0.4, -0.2) is 32.5 Å². The third kappa shape index (κ3) is 3.64. The second-order valence-electron chi connectivity index (χ2n) is 4.00. The summed E-state index contributed by atoms with van der Waals surface area (Å²) in [6.07, 6.45) is 0. The van der Waals surface area contributed by atoms with Crippen LogP contribution in [0.4, 0.5) is 20.2 Å². The van der Waals surface area contributed by atoms with E-state index in [1.54, 1.807) is 6.92 Å². The number of likely N-dealkylation sites (N-methyl/N-ethyl adjacent to an activating group) is 1. The Morgan fingerprint density at radius 2 is 1.68 bits per heavy atom. The number of benzene rings is 1. The molecule has 1 aromatic rings. The Morgan fingerprint density at radius 3 is 2.11 bits per heavy atom.